The number of ether oxygens (including phenoxy) is 1. The van der Waals surface area contributed by atoms with Crippen LogP contribution in [0.3, 0.4) is 0 Å². The number of hydrogen-bond acceptors (Lipinski definition) is 2. The second-order valence-electron chi connectivity index (χ2n) is 4.26. The summed E-state index contributed by atoms with van der Waals surface area (Å²) in [5.74, 6) is 0.523. The van der Waals surface area contributed by atoms with E-state index < -0.39 is 0 Å². The van der Waals surface area contributed by atoms with Gasteiger partial charge in [-0.05, 0) is 41.3 Å². The first kappa shape index (κ1) is 11.2. The van der Waals surface area contributed by atoms with E-state index in [0.717, 1.165) is 42.7 Å². The van der Waals surface area contributed by atoms with Gasteiger partial charge in [-0.25, -0.2) is 9.37 Å². The molecule has 1 fully saturated rings. The molecule has 1 aromatic heterocycles. The highest BCUT2D eigenvalue weighted by atomic mass is 79.9. The topological polar surface area (TPSA) is 37.9 Å². The number of halogens is 2. The molecule has 1 aliphatic rings. The summed E-state index contributed by atoms with van der Waals surface area (Å²) < 4.78 is 19.5. The molecule has 17 heavy (non-hydrogen) atoms. The molecule has 2 aromatic rings. The van der Waals surface area contributed by atoms with Crippen molar-refractivity contribution in [3.05, 3.63) is 28.2 Å². The molecule has 1 aromatic carbocycles. The molecule has 2 heterocycles. The van der Waals surface area contributed by atoms with Crippen molar-refractivity contribution in [3.63, 3.8) is 0 Å². The molecule has 1 saturated heterocycles. The van der Waals surface area contributed by atoms with Crippen LogP contribution in [0, 0.1) is 5.82 Å². The second-order valence-corrected chi connectivity index (χ2v) is 5.12. The van der Waals surface area contributed by atoms with Crippen LogP contribution >= 0.6 is 15.9 Å². The summed E-state index contributed by atoms with van der Waals surface area (Å²) >= 11 is 3.16. The van der Waals surface area contributed by atoms with Crippen LogP contribution in [0.4, 0.5) is 4.39 Å². The zero-order chi connectivity index (χ0) is 11.8. The smallest absolute Gasteiger partial charge is 0.139 e. The van der Waals surface area contributed by atoms with E-state index in [4.69, 9.17) is 4.74 Å². The summed E-state index contributed by atoms with van der Waals surface area (Å²) in [5, 5.41) is 0. The number of benzene rings is 1. The van der Waals surface area contributed by atoms with Crippen LogP contribution in [0.2, 0.25) is 0 Å². The van der Waals surface area contributed by atoms with Gasteiger partial charge >= 0.3 is 0 Å². The summed E-state index contributed by atoms with van der Waals surface area (Å²) in [7, 11) is 0. The van der Waals surface area contributed by atoms with Crippen LogP contribution in [0.15, 0.2) is 16.6 Å². The number of H-pyrrole nitrogens is 1. The first-order valence-electron chi connectivity index (χ1n) is 5.70. The van der Waals surface area contributed by atoms with Crippen molar-refractivity contribution in [2.24, 2.45) is 0 Å². The van der Waals surface area contributed by atoms with E-state index in [1.54, 1.807) is 6.07 Å². The number of rotatable bonds is 1. The first-order valence-corrected chi connectivity index (χ1v) is 6.49. The number of imidazole rings is 1. The molecule has 90 valence electrons. The maximum absolute atomic E-state index is 13.4. The van der Waals surface area contributed by atoms with Crippen molar-refractivity contribution >= 4 is 27.0 Å². The Bertz CT molecular complexity index is 510. The van der Waals surface area contributed by atoms with Gasteiger partial charge in [0.2, 0.25) is 0 Å². The highest BCUT2D eigenvalue weighted by Crippen LogP contribution is 2.29. The summed E-state index contributed by atoms with van der Waals surface area (Å²) in [6, 6.07) is 3.15. The van der Waals surface area contributed by atoms with E-state index in [-0.39, 0.29) is 11.9 Å². The first-order chi connectivity index (χ1) is 8.24. The quantitative estimate of drug-likeness (QED) is 0.871. The molecule has 1 atom stereocenters. The second kappa shape index (κ2) is 4.38. The van der Waals surface area contributed by atoms with Crippen molar-refractivity contribution in [1.29, 1.82) is 0 Å². The molecule has 0 radical (unpaired) electrons. The Morgan fingerprint density at radius 3 is 3.06 bits per heavy atom. The lowest BCUT2D eigenvalue weighted by Gasteiger charge is -2.20. The molecule has 0 saturated carbocycles. The van der Waals surface area contributed by atoms with E-state index in [2.05, 4.69) is 25.9 Å². The Morgan fingerprint density at radius 2 is 2.29 bits per heavy atom. The van der Waals surface area contributed by atoms with E-state index >= 15 is 0 Å². The highest BCUT2D eigenvalue weighted by Gasteiger charge is 2.19. The molecule has 1 aliphatic heterocycles. The van der Waals surface area contributed by atoms with Gasteiger partial charge in [0, 0.05) is 12.7 Å². The molecule has 3 nitrogen and oxygen atoms in total. The summed E-state index contributed by atoms with van der Waals surface area (Å²) in [4.78, 5) is 7.60. The van der Waals surface area contributed by atoms with Crippen LogP contribution in [-0.2, 0) is 4.74 Å². The highest BCUT2D eigenvalue weighted by molar-refractivity contribution is 9.10. The number of fused-ring (bicyclic) bond motifs is 1. The van der Waals surface area contributed by atoms with Gasteiger partial charge in [-0.1, -0.05) is 0 Å². The van der Waals surface area contributed by atoms with Gasteiger partial charge in [0.25, 0.3) is 0 Å². The maximum Gasteiger partial charge on any atom is 0.139 e. The minimum Gasteiger partial charge on any atom is -0.370 e. The van der Waals surface area contributed by atoms with Gasteiger partial charge in [0.1, 0.15) is 17.7 Å². The fourth-order valence-electron chi connectivity index (χ4n) is 2.13. The SMILES string of the molecule is Fc1cc2[nH]c(C3CCCCO3)nc2cc1Br. The Kier molecular flexibility index (Phi) is 2.88. The van der Waals surface area contributed by atoms with Crippen LogP contribution < -0.4 is 0 Å². The lowest BCUT2D eigenvalue weighted by molar-refractivity contribution is 0.0101. The van der Waals surface area contributed by atoms with Crippen LogP contribution in [0.25, 0.3) is 11.0 Å². The fraction of sp³-hybridized carbons (Fsp3) is 0.417. The molecular formula is C12H12BrFN2O. The molecule has 5 heteroatoms. The Balaban J connectivity index is 2.00. The number of hydrogen-bond donors (Lipinski definition) is 1. The normalized spacial score (nSPS) is 20.9. The number of aromatic nitrogens is 2. The Labute approximate surface area is 107 Å². The van der Waals surface area contributed by atoms with Gasteiger partial charge in [-0.15, -0.1) is 0 Å². The molecule has 1 N–H and O–H groups in total. The number of nitrogens with one attached hydrogen (secondary N) is 1. The van der Waals surface area contributed by atoms with Crippen molar-refractivity contribution in [2.45, 2.75) is 25.4 Å². The third-order valence-corrected chi connectivity index (χ3v) is 3.63. The molecule has 1 unspecified atom stereocenters. The third kappa shape index (κ3) is 2.09. The largest absolute Gasteiger partial charge is 0.370 e. The predicted molar refractivity (Wildman–Crippen MR) is 66.3 cm³/mol. The standard InChI is InChI=1S/C12H12BrFN2O/c13-7-5-9-10(6-8(7)14)16-12(15-9)11-3-1-2-4-17-11/h5-6,11H,1-4H2,(H,15,16). The molecule has 0 aliphatic carbocycles. The summed E-state index contributed by atoms with van der Waals surface area (Å²) in [6.07, 6.45) is 3.26. The zero-order valence-electron chi connectivity index (χ0n) is 9.17. The summed E-state index contributed by atoms with van der Waals surface area (Å²) in [5.41, 5.74) is 1.48. The van der Waals surface area contributed by atoms with Crippen molar-refractivity contribution in [2.75, 3.05) is 6.61 Å². The molecule has 3 rings (SSSR count). The van der Waals surface area contributed by atoms with Gasteiger partial charge in [-0.2, -0.15) is 0 Å². The average Bonchev–Trinajstić information content (AvgIpc) is 2.74. The van der Waals surface area contributed by atoms with E-state index in [9.17, 15) is 4.39 Å². The maximum atomic E-state index is 13.4. The lowest BCUT2D eigenvalue weighted by atomic mass is 10.1. The Morgan fingerprint density at radius 1 is 1.41 bits per heavy atom. The molecular weight excluding hydrogens is 287 g/mol. The van der Waals surface area contributed by atoms with E-state index in [1.165, 1.54) is 6.07 Å². The van der Waals surface area contributed by atoms with E-state index in [0.29, 0.717) is 4.47 Å². The van der Waals surface area contributed by atoms with Crippen LogP contribution in [-0.4, -0.2) is 16.6 Å². The number of nitrogens with zero attached hydrogens (tertiary/aromatic N) is 1. The molecule has 0 bridgehead atoms. The van der Waals surface area contributed by atoms with Crippen molar-refractivity contribution in [1.82, 2.24) is 9.97 Å². The predicted octanol–water partition coefficient (Wildman–Crippen LogP) is 3.71. The van der Waals surface area contributed by atoms with Gasteiger partial charge in [-0.3, -0.25) is 0 Å². The van der Waals surface area contributed by atoms with Crippen LogP contribution in [0.5, 0.6) is 0 Å². The summed E-state index contributed by atoms with van der Waals surface area (Å²) in [6.45, 7) is 0.778. The fourth-order valence-corrected chi connectivity index (χ4v) is 2.46. The third-order valence-electron chi connectivity index (χ3n) is 3.03. The van der Waals surface area contributed by atoms with Gasteiger partial charge in [0.15, 0.2) is 0 Å². The van der Waals surface area contributed by atoms with Gasteiger partial charge in [0.05, 0.1) is 15.5 Å². The zero-order valence-corrected chi connectivity index (χ0v) is 10.8. The monoisotopic (exact) mass is 298 g/mol. The minimum absolute atomic E-state index is 0.0259. The molecule has 0 spiro atoms. The Hall–Kier alpha value is -0.940. The lowest BCUT2D eigenvalue weighted by Crippen LogP contribution is -2.12. The molecule has 0 amide bonds. The van der Waals surface area contributed by atoms with Crippen molar-refractivity contribution in [3.8, 4) is 0 Å². The van der Waals surface area contributed by atoms with Crippen LogP contribution in [0.1, 0.15) is 31.2 Å². The van der Waals surface area contributed by atoms with Gasteiger partial charge < -0.3 is 9.72 Å². The van der Waals surface area contributed by atoms with E-state index in [1.807, 2.05) is 0 Å². The average molecular weight is 299 g/mol. The van der Waals surface area contributed by atoms with Crippen molar-refractivity contribution < 1.29 is 9.13 Å². The number of aromatic amines is 1. The minimum atomic E-state index is -0.280.